The van der Waals surface area contributed by atoms with Crippen LogP contribution in [0.15, 0.2) is 0 Å². The van der Waals surface area contributed by atoms with Crippen LogP contribution in [0.5, 0.6) is 0 Å². The van der Waals surface area contributed by atoms with Crippen LogP contribution in [-0.2, 0) is 9.53 Å². The highest BCUT2D eigenvalue weighted by Crippen LogP contribution is 2.37. The molecule has 2 heteroatoms. The molecule has 0 amide bonds. The van der Waals surface area contributed by atoms with E-state index in [0.717, 1.165) is 12.8 Å². The topological polar surface area (TPSA) is 26.3 Å². The van der Waals surface area contributed by atoms with Gasteiger partial charge in [-0.2, -0.15) is 0 Å². The summed E-state index contributed by atoms with van der Waals surface area (Å²) in [5.74, 6) is -0.117. The summed E-state index contributed by atoms with van der Waals surface area (Å²) in [6, 6.07) is 0. The van der Waals surface area contributed by atoms with Crippen molar-refractivity contribution >= 4 is 5.97 Å². The van der Waals surface area contributed by atoms with Gasteiger partial charge in [-0.3, -0.25) is 4.79 Å². The minimum absolute atomic E-state index is 0.00981. The molecule has 0 aromatic heterocycles. The summed E-state index contributed by atoms with van der Waals surface area (Å²) in [5, 5.41) is 0. The summed E-state index contributed by atoms with van der Waals surface area (Å²) in [6.07, 6.45) is 1.84. The van der Waals surface area contributed by atoms with Crippen molar-refractivity contribution in [3.05, 3.63) is 0 Å². The Labute approximate surface area is 113 Å². The maximum absolute atomic E-state index is 12.2. The Balaban J connectivity index is 4.66. The minimum Gasteiger partial charge on any atom is -0.459 e. The second kappa shape index (κ2) is 5.63. The molecule has 0 radical (unpaired) electrons. The molecule has 0 bridgehead atoms. The van der Waals surface area contributed by atoms with Crippen LogP contribution >= 0.6 is 0 Å². The van der Waals surface area contributed by atoms with Gasteiger partial charge in [0.25, 0.3) is 0 Å². The summed E-state index contributed by atoms with van der Waals surface area (Å²) >= 11 is 0. The highest BCUT2D eigenvalue weighted by Gasteiger charge is 2.40. The Morgan fingerprint density at radius 1 is 1.06 bits per heavy atom. The summed E-state index contributed by atoms with van der Waals surface area (Å²) < 4.78 is 5.76. The van der Waals surface area contributed by atoms with Gasteiger partial charge in [-0.05, 0) is 32.1 Å². The van der Waals surface area contributed by atoms with Gasteiger partial charge < -0.3 is 4.74 Å². The molecule has 0 aliphatic rings. The normalized spacial score (nSPS) is 15.4. The lowest BCUT2D eigenvalue weighted by Crippen LogP contribution is -2.44. The first-order valence-electron chi connectivity index (χ1n) is 7.05. The first-order valence-corrected chi connectivity index (χ1v) is 7.05. The Hall–Kier alpha value is -0.530. The highest BCUT2D eigenvalue weighted by atomic mass is 16.6. The van der Waals surface area contributed by atoms with Crippen LogP contribution in [0.25, 0.3) is 0 Å². The molecule has 0 saturated heterocycles. The number of rotatable bonds is 5. The van der Waals surface area contributed by atoms with E-state index in [9.17, 15) is 4.79 Å². The molecule has 0 heterocycles. The lowest BCUT2D eigenvalue weighted by atomic mass is 9.75. The zero-order valence-corrected chi connectivity index (χ0v) is 13.8. The zero-order valence-electron chi connectivity index (χ0n) is 13.8. The fourth-order valence-corrected chi connectivity index (χ4v) is 1.92. The Kier molecular flexibility index (Phi) is 5.46. The van der Waals surface area contributed by atoms with E-state index in [1.54, 1.807) is 0 Å². The maximum atomic E-state index is 12.2. The number of hydrogen-bond donors (Lipinski definition) is 0. The van der Waals surface area contributed by atoms with Crippen molar-refractivity contribution in [1.29, 1.82) is 0 Å². The molecule has 1 atom stereocenters. The van der Waals surface area contributed by atoms with Crippen LogP contribution in [0.1, 0.15) is 75.2 Å². The molecule has 0 fully saturated rings. The molecule has 0 saturated carbocycles. The van der Waals surface area contributed by atoms with Crippen LogP contribution in [0.2, 0.25) is 0 Å². The smallest absolute Gasteiger partial charge is 0.309 e. The zero-order chi connectivity index (χ0) is 14.8. The number of hydrogen-bond acceptors (Lipinski definition) is 2. The molecule has 108 valence electrons. The maximum Gasteiger partial charge on any atom is 0.309 e. The third kappa shape index (κ3) is 4.99. The van der Waals surface area contributed by atoms with Crippen molar-refractivity contribution in [2.75, 3.05) is 0 Å². The second-order valence-electron chi connectivity index (χ2n) is 7.83. The van der Waals surface area contributed by atoms with Crippen LogP contribution in [0, 0.1) is 16.7 Å². The van der Waals surface area contributed by atoms with E-state index in [4.69, 9.17) is 4.74 Å². The van der Waals surface area contributed by atoms with Crippen LogP contribution in [-0.4, -0.2) is 11.6 Å². The third-order valence-electron chi connectivity index (χ3n) is 4.19. The predicted octanol–water partition coefficient (Wildman–Crippen LogP) is 4.82. The average molecular weight is 256 g/mol. The van der Waals surface area contributed by atoms with Gasteiger partial charge in [-0.25, -0.2) is 0 Å². The fourth-order valence-electron chi connectivity index (χ4n) is 1.92. The Bertz CT molecular complexity index is 282. The van der Waals surface area contributed by atoms with E-state index in [0.29, 0.717) is 0 Å². The number of carbonyl (C=O) groups excluding carboxylic acids is 1. The highest BCUT2D eigenvalue weighted by molar-refractivity contribution is 5.72. The van der Waals surface area contributed by atoms with E-state index in [1.165, 1.54) is 0 Å². The van der Waals surface area contributed by atoms with Gasteiger partial charge in [0.2, 0.25) is 0 Å². The van der Waals surface area contributed by atoms with Crippen molar-refractivity contribution < 1.29 is 9.53 Å². The van der Waals surface area contributed by atoms with Crippen LogP contribution < -0.4 is 0 Å². The molecular weight excluding hydrogens is 224 g/mol. The molecular formula is C16H32O2. The van der Waals surface area contributed by atoms with Gasteiger partial charge in [-0.15, -0.1) is 0 Å². The number of carbonyl (C=O) groups is 1. The molecule has 0 aromatic carbocycles. The van der Waals surface area contributed by atoms with Crippen molar-refractivity contribution in [3.8, 4) is 0 Å². The van der Waals surface area contributed by atoms with Crippen molar-refractivity contribution in [3.63, 3.8) is 0 Å². The first kappa shape index (κ1) is 17.5. The Morgan fingerprint density at radius 3 is 1.83 bits per heavy atom. The van der Waals surface area contributed by atoms with Gasteiger partial charge >= 0.3 is 5.97 Å². The van der Waals surface area contributed by atoms with Crippen molar-refractivity contribution in [2.24, 2.45) is 16.7 Å². The number of esters is 1. The SMILES string of the molecule is CCC(C)(C)C(C)(C)OC(=O)C(C)CC(C)(C)C. The molecule has 2 nitrogen and oxygen atoms in total. The van der Waals surface area contributed by atoms with E-state index in [-0.39, 0.29) is 22.7 Å². The molecule has 1 unspecified atom stereocenters. The standard InChI is InChI=1S/C16H32O2/c1-10-15(6,7)16(8,9)18-13(17)12(2)11-14(3,4)5/h12H,10-11H2,1-9H3. The molecule has 0 aliphatic carbocycles. The quantitative estimate of drug-likeness (QED) is 0.659. The second-order valence-corrected chi connectivity index (χ2v) is 7.83. The summed E-state index contributed by atoms with van der Waals surface area (Å²) in [4.78, 5) is 12.2. The third-order valence-corrected chi connectivity index (χ3v) is 4.19. The lowest BCUT2D eigenvalue weighted by Gasteiger charge is -2.41. The number of ether oxygens (including phenoxy) is 1. The Morgan fingerprint density at radius 2 is 1.50 bits per heavy atom. The van der Waals surface area contributed by atoms with Gasteiger partial charge in [-0.1, -0.05) is 48.5 Å². The van der Waals surface area contributed by atoms with E-state index in [2.05, 4.69) is 41.5 Å². The molecule has 18 heavy (non-hydrogen) atoms. The minimum atomic E-state index is -0.426. The van der Waals surface area contributed by atoms with Gasteiger partial charge in [0.05, 0.1) is 5.92 Å². The van der Waals surface area contributed by atoms with Gasteiger partial charge in [0.15, 0.2) is 0 Å². The largest absolute Gasteiger partial charge is 0.459 e. The molecule has 0 aromatic rings. The molecule has 0 spiro atoms. The average Bonchev–Trinajstić information content (AvgIpc) is 2.13. The van der Waals surface area contributed by atoms with Gasteiger partial charge in [0.1, 0.15) is 5.60 Å². The fraction of sp³-hybridized carbons (Fsp3) is 0.938. The van der Waals surface area contributed by atoms with Crippen molar-refractivity contribution in [1.82, 2.24) is 0 Å². The summed E-state index contributed by atoms with van der Waals surface area (Å²) in [7, 11) is 0. The predicted molar refractivity (Wildman–Crippen MR) is 77.5 cm³/mol. The monoisotopic (exact) mass is 256 g/mol. The molecule has 0 aliphatic heterocycles. The van der Waals surface area contributed by atoms with Crippen LogP contribution in [0.3, 0.4) is 0 Å². The summed E-state index contributed by atoms with van der Waals surface area (Å²) in [5.41, 5.74) is -0.280. The first-order chi connectivity index (χ1) is 7.82. The van der Waals surface area contributed by atoms with Gasteiger partial charge in [0, 0.05) is 5.41 Å². The van der Waals surface area contributed by atoms with E-state index >= 15 is 0 Å². The van der Waals surface area contributed by atoms with E-state index < -0.39 is 5.60 Å². The van der Waals surface area contributed by atoms with E-state index in [1.807, 2.05) is 20.8 Å². The molecule has 0 N–H and O–H groups in total. The van der Waals surface area contributed by atoms with Crippen molar-refractivity contribution in [2.45, 2.75) is 80.8 Å². The van der Waals surface area contributed by atoms with Crippen LogP contribution in [0.4, 0.5) is 0 Å². The summed E-state index contributed by atoms with van der Waals surface area (Å²) in [6.45, 7) is 18.9. The lowest BCUT2D eigenvalue weighted by molar-refractivity contribution is -0.174. The molecule has 0 rings (SSSR count).